The van der Waals surface area contributed by atoms with Crippen molar-refractivity contribution in [2.24, 2.45) is 11.1 Å². The number of carbonyl (C=O) groups is 1. The first-order valence-electron chi connectivity index (χ1n) is 11.0. The Balaban J connectivity index is 1.90. The number of carbonyl (C=O) groups excluding carboxylic acids is 1. The summed E-state index contributed by atoms with van der Waals surface area (Å²) in [7, 11) is 1.50. The Kier molecular flexibility index (Phi) is 9.50. The van der Waals surface area contributed by atoms with Gasteiger partial charge in [-0.15, -0.1) is 0 Å². The highest BCUT2D eigenvalue weighted by molar-refractivity contribution is 9.10. The number of oxime groups is 1. The molecule has 37 heavy (non-hydrogen) atoms. The summed E-state index contributed by atoms with van der Waals surface area (Å²) in [5.41, 5.74) is 0.0353. The highest BCUT2D eigenvalue weighted by Crippen LogP contribution is 2.33. The van der Waals surface area contributed by atoms with Crippen molar-refractivity contribution in [2.75, 3.05) is 12.4 Å². The maximum absolute atomic E-state index is 13.1. The Labute approximate surface area is 225 Å². The summed E-state index contributed by atoms with van der Waals surface area (Å²) in [6.07, 6.45) is -3.57. The molecule has 0 bridgehead atoms. The van der Waals surface area contributed by atoms with E-state index in [1.807, 2.05) is 13.8 Å². The largest absolute Gasteiger partial charge is 0.496 e. The van der Waals surface area contributed by atoms with Crippen molar-refractivity contribution in [3.63, 3.8) is 0 Å². The van der Waals surface area contributed by atoms with E-state index in [0.29, 0.717) is 39.9 Å². The van der Waals surface area contributed by atoms with E-state index < -0.39 is 11.7 Å². The first-order chi connectivity index (χ1) is 17.5. The fourth-order valence-corrected chi connectivity index (χ4v) is 3.97. The van der Waals surface area contributed by atoms with E-state index in [0.717, 1.165) is 6.07 Å². The van der Waals surface area contributed by atoms with Crippen molar-refractivity contribution < 1.29 is 27.5 Å². The third-order valence-corrected chi connectivity index (χ3v) is 5.76. The Bertz CT molecular complexity index is 1300. The van der Waals surface area contributed by atoms with Crippen LogP contribution in [0.4, 0.5) is 19.0 Å². The lowest BCUT2D eigenvalue weighted by molar-refractivity contribution is -0.137. The number of ether oxygens (including phenoxy) is 1. The summed E-state index contributed by atoms with van der Waals surface area (Å²) in [6.45, 7) is 3.78. The molecule has 0 saturated heterocycles. The summed E-state index contributed by atoms with van der Waals surface area (Å²) in [5, 5.41) is 6.61. The molecule has 0 unspecified atom stereocenters. The number of amides is 1. The lowest BCUT2D eigenvalue weighted by atomic mass is 10.1. The first-order valence-corrected chi connectivity index (χ1v) is 12.2. The Morgan fingerprint density at radius 3 is 2.59 bits per heavy atom. The van der Waals surface area contributed by atoms with Crippen molar-refractivity contribution in [1.29, 1.82) is 0 Å². The number of aromatic nitrogens is 2. The number of pyridine rings is 2. The number of nitrogens with one attached hydrogen (secondary N) is 1. The number of halogens is 5. The highest BCUT2D eigenvalue weighted by Gasteiger charge is 2.32. The minimum Gasteiger partial charge on any atom is -0.496 e. The van der Waals surface area contributed by atoms with E-state index in [1.165, 1.54) is 7.11 Å². The number of benzene rings is 1. The molecular formula is C25H23BrClF3N4O3. The van der Waals surface area contributed by atoms with Crippen LogP contribution >= 0.6 is 27.5 Å². The zero-order valence-corrected chi connectivity index (χ0v) is 22.4. The van der Waals surface area contributed by atoms with Crippen LogP contribution in [-0.4, -0.2) is 28.7 Å². The van der Waals surface area contributed by atoms with Gasteiger partial charge in [-0.05, 0) is 58.2 Å². The maximum atomic E-state index is 13.1. The van der Waals surface area contributed by atoms with Gasteiger partial charge in [-0.2, -0.15) is 13.2 Å². The van der Waals surface area contributed by atoms with Crippen LogP contribution in [0, 0.1) is 5.92 Å². The van der Waals surface area contributed by atoms with E-state index in [1.54, 1.807) is 36.4 Å². The molecule has 0 atom stereocenters. The van der Waals surface area contributed by atoms with Crippen LogP contribution in [0.3, 0.4) is 0 Å². The van der Waals surface area contributed by atoms with Crippen LogP contribution in [0.25, 0.3) is 0 Å². The molecule has 0 radical (unpaired) electrons. The Morgan fingerprint density at radius 2 is 1.97 bits per heavy atom. The van der Waals surface area contributed by atoms with E-state index in [4.69, 9.17) is 21.2 Å². The van der Waals surface area contributed by atoms with Gasteiger partial charge in [-0.1, -0.05) is 36.7 Å². The molecule has 2 heterocycles. The number of nitrogens with zero attached hydrogens (tertiary/aromatic N) is 3. The lowest BCUT2D eigenvalue weighted by Crippen LogP contribution is -2.15. The number of hydrogen-bond acceptors (Lipinski definition) is 6. The Morgan fingerprint density at radius 1 is 1.22 bits per heavy atom. The van der Waals surface area contributed by atoms with Crippen molar-refractivity contribution in [2.45, 2.75) is 33.1 Å². The molecule has 3 rings (SSSR count). The molecule has 1 amide bonds. The molecule has 1 aromatic carbocycles. The molecule has 7 nitrogen and oxygen atoms in total. The second kappa shape index (κ2) is 12.4. The van der Waals surface area contributed by atoms with Crippen LogP contribution in [0.5, 0.6) is 5.75 Å². The van der Waals surface area contributed by atoms with Gasteiger partial charge in [-0.25, -0.2) is 4.98 Å². The van der Waals surface area contributed by atoms with Crippen LogP contribution in [0.1, 0.15) is 42.8 Å². The fraction of sp³-hybridized carbons (Fsp3) is 0.280. The SMILES string of the molecule is COc1ccc(C(=NOCc2cccc(NC(=O)CC(C)C)n2)c2ncc(C(F)(F)F)cc2Cl)cc1Br. The third kappa shape index (κ3) is 7.90. The van der Waals surface area contributed by atoms with Gasteiger partial charge in [0.05, 0.1) is 27.9 Å². The van der Waals surface area contributed by atoms with Gasteiger partial charge in [0.2, 0.25) is 5.91 Å². The van der Waals surface area contributed by atoms with Crippen LogP contribution in [-0.2, 0) is 22.4 Å². The lowest BCUT2D eigenvalue weighted by Gasteiger charge is -2.12. The highest BCUT2D eigenvalue weighted by atomic mass is 79.9. The Hall–Kier alpha value is -3.18. The number of alkyl halides is 3. The van der Waals surface area contributed by atoms with Gasteiger partial charge >= 0.3 is 6.18 Å². The molecule has 2 aromatic heterocycles. The number of rotatable bonds is 9. The van der Waals surface area contributed by atoms with Crippen molar-refractivity contribution in [3.05, 3.63) is 80.7 Å². The molecule has 1 N–H and O–H groups in total. The molecule has 0 aliphatic rings. The topological polar surface area (TPSA) is 85.7 Å². The van der Waals surface area contributed by atoms with Crippen molar-refractivity contribution in [3.8, 4) is 5.75 Å². The van der Waals surface area contributed by atoms with Crippen molar-refractivity contribution in [1.82, 2.24) is 9.97 Å². The third-order valence-electron chi connectivity index (χ3n) is 4.85. The molecule has 0 saturated carbocycles. The summed E-state index contributed by atoms with van der Waals surface area (Å²) in [6, 6.07) is 10.8. The van der Waals surface area contributed by atoms with Crippen molar-refractivity contribution >= 4 is 45.0 Å². The second-order valence-electron chi connectivity index (χ2n) is 8.28. The first kappa shape index (κ1) is 28.4. The van der Waals surface area contributed by atoms with E-state index in [9.17, 15) is 18.0 Å². The smallest absolute Gasteiger partial charge is 0.417 e. The minimum absolute atomic E-state index is 0.00519. The fourth-order valence-electron chi connectivity index (χ4n) is 3.17. The van der Waals surface area contributed by atoms with Gasteiger partial charge in [-0.3, -0.25) is 9.78 Å². The van der Waals surface area contributed by atoms with Gasteiger partial charge in [0, 0.05) is 18.2 Å². The molecule has 0 fully saturated rings. The summed E-state index contributed by atoms with van der Waals surface area (Å²) >= 11 is 9.58. The van der Waals surface area contributed by atoms with Crippen LogP contribution < -0.4 is 10.1 Å². The van der Waals surface area contributed by atoms with E-state index >= 15 is 0 Å². The van der Waals surface area contributed by atoms with Gasteiger partial charge in [0.15, 0.2) is 6.61 Å². The molecule has 0 spiro atoms. The maximum Gasteiger partial charge on any atom is 0.417 e. The predicted octanol–water partition coefficient (Wildman–Crippen LogP) is 6.87. The second-order valence-corrected chi connectivity index (χ2v) is 9.54. The average Bonchev–Trinajstić information content (AvgIpc) is 2.81. The van der Waals surface area contributed by atoms with E-state index in [-0.39, 0.29) is 34.9 Å². The molecule has 0 aliphatic carbocycles. The molecule has 3 aromatic rings. The predicted molar refractivity (Wildman–Crippen MR) is 138 cm³/mol. The molecule has 196 valence electrons. The summed E-state index contributed by atoms with van der Waals surface area (Å²) < 4.78 is 45.2. The zero-order valence-electron chi connectivity index (χ0n) is 20.1. The van der Waals surface area contributed by atoms with Gasteiger partial charge < -0.3 is 14.9 Å². The van der Waals surface area contributed by atoms with Gasteiger partial charge in [0.1, 0.15) is 23.0 Å². The van der Waals surface area contributed by atoms with E-state index in [2.05, 4.69) is 36.4 Å². The molecular weight excluding hydrogens is 577 g/mol. The normalized spacial score (nSPS) is 12.0. The number of methoxy groups -OCH3 is 1. The van der Waals surface area contributed by atoms with Gasteiger partial charge in [0.25, 0.3) is 0 Å². The average molecular weight is 600 g/mol. The summed E-state index contributed by atoms with van der Waals surface area (Å²) in [5.74, 6) is 0.940. The quantitative estimate of drug-likeness (QED) is 0.214. The minimum atomic E-state index is -4.60. The molecule has 12 heteroatoms. The monoisotopic (exact) mass is 598 g/mol. The standard InChI is InChI=1S/C25H23BrClF3N4O3/c1-14(2)9-22(35)33-21-6-4-5-17(32-21)13-37-34-23(15-7-8-20(36-3)18(26)10-15)24-19(27)11-16(12-31-24)25(28,29)30/h4-8,10-12,14H,9,13H2,1-3H3,(H,32,33,35). The van der Waals surface area contributed by atoms with Crippen LogP contribution in [0.2, 0.25) is 5.02 Å². The summed E-state index contributed by atoms with van der Waals surface area (Å²) in [4.78, 5) is 25.8. The van der Waals surface area contributed by atoms with Crippen LogP contribution in [0.15, 0.2) is 58.3 Å². The zero-order chi connectivity index (χ0) is 27.2. The molecule has 0 aliphatic heterocycles. The number of hydrogen-bond donors (Lipinski definition) is 1. The number of anilines is 1.